The zero-order valence-corrected chi connectivity index (χ0v) is 18.9. The number of rotatable bonds is 5. The van der Waals surface area contributed by atoms with Gasteiger partial charge in [-0.05, 0) is 61.7 Å². The highest BCUT2D eigenvalue weighted by atomic mass is 16.6. The second kappa shape index (κ2) is 6.90. The lowest BCUT2D eigenvalue weighted by molar-refractivity contribution is -0.149. The molecule has 0 spiro atoms. The molecule has 8 atom stereocenters. The van der Waals surface area contributed by atoms with Crippen LogP contribution in [0.5, 0.6) is 0 Å². The fourth-order valence-corrected chi connectivity index (χ4v) is 8.26. The van der Waals surface area contributed by atoms with E-state index >= 15 is 0 Å². The molecule has 5 rings (SSSR count). The molecule has 5 aliphatic rings. The quantitative estimate of drug-likeness (QED) is 0.381. The van der Waals surface area contributed by atoms with Gasteiger partial charge >= 0.3 is 5.97 Å². The number of carbonyl (C=O) groups excluding carboxylic acids is 2. The Morgan fingerprint density at radius 3 is 2.73 bits per heavy atom. The van der Waals surface area contributed by atoms with E-state index in [4.69, 9.17) is 14.2 Å². The minimum atomic E-state index is -0.543. The first kappa shape index (κ1) is 20.7. The van der Waals surface area contributed by atoms with Gasteiger partial charge in [-0.2, -0.15) is 0 Å². The summed E-state index contributed by atoms with van der Waals surface area (Å²) >= 11 is 0. The number of esters is 1. The Kier molecular flexibility index (Phi) is 4.76. The zero-order valence-electron chi connectivity index (χ0n) is 18.9. The van der Waals surface area contributed by atoms with Crippen molar-refractivity contribution in [2.24, 2.45) is 28.6 Å². The molecule has 0 aromatic rings. The van der Waals surface area contributed by atoms with E-state index in [0.717, 1.165) is 38.5 Å². The number of ketones is 1. The lowest BCUT2D eigenvalue weighted by Gasteiger charge is -2.58. The van der Waals surface area contributed by atoms with Gasteiger partial charge < -0.3 is 14.2 Å². The number of hydrogen-bond donors (Lipinski definition) is 0. The second-order valence-electron chi connectivity index (χ2n) is 10.9. The summed E-state index contributed by atoms with van der Waals surface area (Å²) in [5, 5.41) is 0. The normalized spacial score (nSPS) is 48.5. The second-order valence-corrected chi connectivity index (χ2v) is 10.9. The summed E-state index contributed by atoms with van der Waals surface area (Å²) in [6.07, 6.45) is 10.4. The molecule has 1 heterocycles. The Morgan fingerprint density at radius 2 is 2.00 bits per heavy atom. The number of methoxy groups -OCH3 is 1. The van der Waals surface area contributed by atoms with Gasteiger partial charge in [0.2, 0.25) is 0 Å². The van der Waals surface area contributed by atoms with Gasteiger partial charge in [0, 0.05) is 32.3 Å². The van der Waals surface area contributed by atoms with Crippen LogP contribution in [0.3, 0.4) is 0 Å². The maximum atomic E-state index is 13.1. The van der Waals surface area contributed by atoms with Crippen LogP contribution in [0.1, 0.15) is 72.1 Å². The predicted octanol–water partition coefficient (Wildman–Crippen LogP) is 4.23. The first-order valence-corrected chi connectivity index (χ1v) is 11.8. The van der Waals surface area contributed by atoms with Crippen molar-refractivity contribution in [1.82, 2.24) is 0 Å². The Morgan fingerprint density at radius 1 is 1.20 bits per heavy atom. The molecule has 5 nitrogen and oxygen atoms in total. The molecule has 1 saturated heterocycles. The van der Waals surface area contributed by atoms with E-state index in [0.29, 0.717) is 30.8 Å². The van der Waals surface area contributed by atoms with Crippen LogP contribution in [-0.2, 0) is 23.8 Å². The molecule has 0 unspecified atom stereocenters. The van der Waals surface area contributed by atoms with Gasteiger partial charge in [0.05, 0.1) is 12.7 Å². The van der Waals surface area contributed by atoms with E-state index < -0.39 is 5.60 Å². The van der Waals surface area contributed by atoms with Gasteiger partial charge in [0.15, 0.2) is 11.4 Å². The number of allylic oxidation sites excluding steroid dienone is 1. The summed E-state index contributed by atoms with van der Waals surface area (Å²) in [6.45, 7) is 6.79. The summed E-state index contributed by atoms with van der Waals surface area (Å²) in [6, 6.07) is 0. The van der Waals surface area contributed by atoms with Gasteiger partial charge in [-0.1, -0.05) is 25.5 Å². The first-order valence-electron chi connectivity index (χ1n) is 11.8. The van der Waals surface area contributed by atoms with Crippen LogP contribution >= 0.6 is 0 Å². The van der Waals surface area contributed by atoms with Crippen molar-refractivity contribution >= 4 is 11.8 Å². The Balaban J connectivity index is 1.38. The average molecular weight is 417 g/mol. The molecule has 0 bridgehead atoms. The predicted molar refractivity (Wildman–Crippen MR) is 112 cm³/mol. The lowest BCUT2D eigenvalue weighted by Crippen LogP contribution is -2.54. The molecular formula is C25H36O5. The van der Waals surface area contributed by atoms with Crippen molar-refractivity contribution < 1.29 is 23.8 Å². The minimum Gasteiger partial charge on any atom is -0.462 e. The van der Waals surface area contributed by atoms with Gasteiger partial charge in [0.1, 0.15) is 6.10 Å². The Bertz CT molecular complexity index is 788. The number of hydrogen-bond acceptors (Lipinski definition) is 5. The topological polar surface area (TPSA) is 65.1 Å². The van der Waals surface area contributed by atoms with Crippen LogP contribution in [-0.4, -0.2) is 43.3 Å². The van der Waals surface area contributed by atoms with Crippen LogP contribution in [0.15, 0.2) is 11.6 Å². The van der Waals surface area contributed by atoms with E-state index in [1.54, 1.807) is 7.11 Å². The molecule has 4 fully saturated rings. The smallest absolute Gasteiger partial charge is 0.302 e. The third kappa shape index (κ3) is 2.67. The summed E-state index contributed by atoms with van der Waals surface area (Å²) in [7, 11) is 1.66. The van der Waals surface area contributed by atoms with Crippen LogP contribution in [0.2, 0.25) is 0 Å². The van der Waals surface area contributed by atoms with Gasteiger partial charge in [0.25, 0.3) is 0 Å². The molecule has 0 aromatic heterocycles. The van der Waals surface area contributed by atoms with Crippen LogP contribution in [0.25, 0.3) is 0 Å². The van der Waals surface area contributed by atoms with Gasteiger partial charge in [-0.25, -0.2) is 0 Å². The highest BCUT2D eigenvalue weighted by Crippen LogP contribution is 2.73. The highest BCUT2D eigenvalue weighted by Gasteiger charge is 2.79. The molecule has 0 aromatic carbocycles. The molecule has 0 radical (unpaired) electrons. The van der Waals surface area contributed by atoms with E-state index in [1.807, 2.05) is 0 Å². The van der Waals surface area contributed by atoms with Crippen molar-refractivity contribution in [3.05, 3.63) is 11.6 Å². The first-order chi connectivity index (χ1) is 14.3. The van der Waals surface area contributed by atoms with Crippen molar-refractivity contribution in [3.8, 4) is 0 Å². The van der Waals surface area contributed by atoms with Crippen molar-refractivity contribution in [2.75, 3.05) is 13.7 Å². The standard InChI is InChI=1S/C25H36O5/c1-15(26)29-17-7-10-23(2)16(13-17)5-6-18-19(23)8-11-24(3)20(18)14-22-25(24,30-22)21(27)9-12-28-4/h5,17-20,22H,6-14H2,1-4H3/t17-,18+,19-,20+,22+,23-,24-,25+/m0/s1. The molecule has 30 heavy (non-hydrogen) atoms. The lowest BCUT2D eigenvalue weighted by atomic mass is 9.47. The van der Waals surface area contributed by atoms with Crippen molar-refractivity contribution in [1.29, 1.82) is 0 Å². The van der Waals surface area contributed by atoms with Gasteiger partial charge in [-0.3, -0.25) is 9.59 Å². The Hall–Kier alpha value is -1.20. The monoisotopic (exact) mass is 416 g/mol. The number of ether oxygens (including phenoxy) is 3. The summed E-state index contributed by atoms with van der Waals surface area (Å²) in [4.78, 5) is 24.6. The van der Waals surface area contributed by atoms with Crippen LogP contribution < -0.4 is 0 Å². The Labute approximate surface area is 179 Å². The maximum absolute atomic E-state index is 13.1. The van der Waals surface area contributed by atoms with Crippen molar-refractivity contribution in [3.63, 3.8) is 0 Å². The number of epoxide rings is 1. The molecule has 0 N–H and O–H groups in total. The van der Waals surface area contributed by atoms with Crippen molar-refractivity contribution in [2.45, 2.75) is 89.9 Å². The van der Waals surface area contributed by atoms with E-state index in [9.17, 15) is 9.59 Å². The number of fused-ring (bicyclic) bond motifs is 7. The van der Waals surface area contributed by atoms with E-state index in [-0.39, 0.29) is 34.8 Å². The molecule has 1 aliphatic heterocycles. The summed E-state index contributed by atoms with van der Waals surface area (Å²) in [5.41, 5.74) is 1.14. The third-order valence-corrected chi connectivity index (χ3v) is 9.77. The highest BCUT2D eigenvalue weighted by molar-refractivity contribution is 5.92. The molecule has 3 saturated carbocycles. The van der Waals surface area contributed by atoms with E-state index in [1.165, 1.54) is 18.9 Å². The summed E-state index contributed by atoms with van der Waals surface area (Å²) < 4.78 is 16.9. The SMILES string of the molecule is COCCC(=O)[C@@]12O[C@@H]1C[C@@H]1[C@@H]3CC=C4C[C@@H](OC(C)=O)CC[C@]4(C)[C@H]3CC[C@@]12C. The zero-order chi connectivity index (χ0) is 21.3. The molecule has 166 valence electrons. The average Bonchev–Trinajstić information content (AvgIpc) is 3.38. The summed E-state index contributed by atoms with van der Waals surface area (Å²) in [5.74, 6) is 1.95. The molecular weight excluding hydrogens is 380 g/mol. The van der Waals surface area contributed by atoms with Gasteiger partial charge in [-0.15, -0.1) is 0 Å². The molecule has 5 heteroatoms. The number of Topliss-reactive ketones (excluding diaryl/α,β-unsaturated/α-hetero) is 1. The minimum absolute atomic E-state index is 0.0414. The van der Waals surface area contributed by atoms with Crippen LogP contribution in [0.4, 0.5) is 0 Å². The fourth-order valence-electron chi connectivity index (χ4n) is 8.26. The third-order valence-electron chi connectivity index (χ3n) is 9.77. The van der Waals surface area contributed by atoms with E-state index in [2.05, 4.69) is 19.9 Å². The molecule has 4 aliphatic carbocycles. The largest absolute Gasteiger partial charge is 0.462 e. The van der Waals surface area contributed by atoms with Crippen LogP contribution in [0, 0.1) is 28.6 Å². The maximum Gasteiger partial charge on any atom is 0.302 e. The number of carbonyl (C=O) groups is 2. The molecule has 0 amide bonds. The fraction of sp³-hybridized carbons (Fsp3) is 0.840.